The van der Waals surface area contributed by atoms with Crippen molar-refractivity contribution in [2.24, 2.45) is 0 Å². The van der Waals surface area contributed by atoms with Gasteiger partial charge in [-0.25, -0.2) is 9.97 Å². The Labute approximate surface area is 106 Å². The third kappa shape index (κ3) is 2.76. The Hall–Kier alpha value is -1.69. The van der Waals surface area contributed by atoms with E-state index < -0.39 is 6.10 Å². The number of anilines is 1. The van der Waals surface area contributed by atoms with Gasteiger partial charge in [-0.2, -0.15) is 0 Å². The molecule has 0 aromatic carbocycles. The van der Waals surface area contributed by atoms with Crippen molar-refractivity contribution in [1.29, 1.82) is 0 Å². The summed E-state index contributed by atoms with van der Waals surface area (Å²) in [6.45, 7) is 2.45. The van der Waals surface area contributed by atoms with E-state index in [-0.39, 0.29) is 11.9 Å². The molecule has 2 rings (SSSR count). The first-order valence-corrected chi connectivity index (χ1v) is 6.14. The predicted octanol–water partition coefficient (Wildman–Crippen LogP) is 0.434. The Balaban J connectivity index is 2.10. The van der Waals surface area contributed by atoms with Gasteiger partial charge < -0.3 is 15.7 Å². The lowest BCUT2D eigenvalue weighted by molar-refractivity contribution is 0.0676. The van der Waals surface area contributed by atoms with E-state index in [1.54, 1.807) is 11.8 Å². The number of hydrogen-bond donors (Lipinski definition) is 2. The number of aromatic nitrogens is 2. The molecule has 2 atom stereocenters. The Morgan fingerprint density at radius 3 is 3.00 bits per heavy atom. The van der Waals surface area contributed by atoms with Crippen LogP contribution < -0.4 is 5.73 Å². The molecule has 0 saturated carbocycles. The molecule has 2 heterocycles. The summed E-state index contributed by atoms with van der Waals surface area (Å²) in [5, 5.41) is 9.44. The van der Waals surface area contributed by atoms with Gasteiger partial charge in [0.15, 0.2) is 0 Å². The lowest BCUT2D eigenvalue weighted by Gasteiger charge is -2.25. The van der Waals surface area contributed by atoms with Crippen LogP contribution in [0.1, 0.15) is 36.7 Å². The van der Waals surface area contributed by atoms with Crippen molar-refractivity contribution in [3.05, 3.63) is 18.1 Å². The van der Waals surface area contributed by atoms with E-state index in [0.29, 0.717) is 24.5 Å². The molecule has 0 radical (unpaired) electrons. The monoisotopic (exact) mass is 250 g/mol. The third-order valence-corrected chi connectivity index (χ3v) is 3.14. The van der Waals surface area contributed by atoms with Crippen molar-refractivity contribution in [3.8, 4) is 0 Å². The lowest BCUT2D eigenvalue weighted by Crippen LogP contribution is -2.37. The molecule has 1 fully saturated rings. The highest BCUT2D eigenvalue weighted by Gasteiger charge is 2.30. The largest absolute Gasteiger partial charge is 0.393 e. The van der Waals surface area contributed by atoms with Gasteiger partial charge >= 0.3 is 0 Å². The highest BCUT2D eigenvalue weighted by Crippen LogP contribution is 2.23. The summed E-state index contributed by atoms with van der Waals surface area (Å²) in [6.07, 6.45) is 4.88. The van der Waals surface area contributed by atoms with Crippen molar-refractivity contribution in [2.45, 2.75) is 38.3 Å². The standard InChI is InChI=1S/C12H18N4O2/c1-8(17)5-9-3-2-4-16(9)12(18)10-6-15-11(13)7-14-10/h6-9,17H,2-5H2,1H3,(H2,13,15). The molecule has 2 unspecified atom stereocenters. The van der Waals surface area contributed by atoms with E-state index in [1.165, 1.54) is 12.4 Å². The predicted molar refractivity (Wildman–Crippen MR) is 66.8 cm³/mol. The van der Waals surface area contributed by atoms with Crippen molar-refractivity contribution in [1.82, 2.24) is 14.9 Å². The SMILES string of the molecule is CC(O)CC1CCCN1C(=O)c1cnc(N)cn1. The summed E-state index contributed by atoms with van der Waals surface area (Å²) < 4.78 is 0. The molecule has 1 saturated heterocycles. The van der Waals surface area contributed by atoms with Crippen LogP contribution in [-0.2, 0) is 0 Å². The minimum absolute atomic E-state index is 0.0943. The first kappa shape index (κ1) is 12.8. The van der Waals surface area contributed by atoms with Crippen LogP contribution in [0.2, 0.25) is 0 Å². The number of amides is 1. The van der Waals surface area contributed by atoms with Crippen LogP contribution in [0.3, 0.4) is 0 Å². The van der Waals surface area contributed by atoms with Crippen molar-refractivity contribution < 1.29 is 9.90 Å². The summed E-state index contributed by atoms with van der Waals surface area (Å²) >= 11 is 0. The maximum atomic E-state index is 12.3. The van der Waals surface area contributed by atoms with Crippen LogP contribution in [0.5, 0.6) is 0 Å². The quantitative estimate of drug-likeness (QED) is 0.811. The van der Waals surface area contributed by atoms with Gasteiger partial charge in [-0.1, -0.05) is 0 Å². The second-order valence-corrected chi connectivity index (χ2v) is 4.71. The van der Waals surface area contributed by atoms with Crippen LogP contribution in [0.4, 0.5) is 5.82 Å². The van der Waals surface area contributed by atoms with Gasteiger partial charge in [0, 0.05) is 12.6 Å². The third-order valence-electron chi connectivity index (χ3n) is 3.14. The van der Waals surface area contributed by atoms with Crippen LogP contribution in [0.25, 0.3) is 0 Å². The number of nitrogens with two attached hydrogens (primary N) is 1. The summed E-state index contributed by atoms with van der Waals surface area (Å²) in [5.41, 5.74) is 5.75. The Morgan fingerprint density at radius 2 is 2.39 bits per heavy atom. The fraction of sp³-hybridized carbons (Fsp3) is 0.583. The number of nitrogens with zero attached hydrogens (tertiary/aromatic N) is 3. The summed E-state index contributed by atoms with van der Waals surface area (Å²) in [5.74, 6) is 0.166. The van der Waals surface area contributed by atoms with E-state index >= 15 is 0 Å². The van der Waals surface area contributed by atoms with Crippen LogP contribution in [-0.4, -0.2) is 44.6 Å². The van der Waals surface area contributed by atoms with Gasteiger partial charge in [-0.3, -0.25) is 4.79 Å². The molecule has 1 aromatic heterocycles. The minimum atomic E-state index is -0.402. The average Bonchev–Trinajstić information content (AvgIpc) is 2.76. The smallest absolute Gasteiger partial charge is 0.274 e. The first-order valence-electron chi connectivity index (χ1n) is 6.14. The van der Waals surface area contributed by atoms with Gasteiger partial charge in [-0.15, -0.1) is 0 Å². The van der Waals surface area contributed by atoms with Gasteiger partial charge in [0.1, 0.15) is 11.5 Å². The molecule has 1 aromatic rings. The number of nitrogen functional groups attached to an aromatic ring is 1. The number of carbonyl (C=O) groups excluding carboxylic acids is 1. The zero-order chi connectivity index (χ0) is 13.1. The Bertz CT molecular complexity index is 419. The molecule has 18 heavy (non-hydrogen) atoms. The van der Waals surface area contributed by atoms with Crippen LogP contribution in [0, 0.1) is 0 Å². The maximum absolute atomic E-state index is 12.3. The topological polar surface area (TPSA) is 92.3 Å². The number of hydrogen-bond acceptors (Lipinski definition) is 5. The number of aliphatic hydroxyl groups is 1. The molecular formula is C12H18N4O2. The maximum Gasteiger partial charge on any atom is 0.274 e. The van der Waals surface area contributed by atoms with E-state index in [4.69, 9.17) is 5.73 Å². The zero-order valence-corrected chi connectivity index (χ0v) is 10.4. The molecule has 0 spiro atoms. The van der Waals surface area contributed by atoms with Crippen molar-refractivity contribution in [3.63, 3.8) is 0 Å². The average molecular weight is 250 g/mol. The van der Waals surface area contributed by atoms with E-state index in [0.717, 1.165) is 12.8 Å². The fourth-order valence-corrected chi connectivity index (χ4v) is 2.34. The number of likely N-dealkylation sites (tertiary alicyclic amines) is 1. The van der Waals surface area contributed by atoms with Gasteiger partial charge in [0.25, 0.3) is 5.91 Å². The molecule has 0 bridgehead atoms. The van der Waals surface area contributed by atoms with E-state index in [9.17, 15) is 9.90 Å². The van der Waals surface area contributed by atoms with E-state index in [1.807, 2.05) is 0 Å². The zero-order valence-electron chi connectivity index (χ0n) is 10.4. The minimum Gasteiger partial charge on any atom is -0.393 e. The highest BCUT2D eigenvalue weighted by atomic mass is 16.3. The van der Waals surface area contributed by atoms with E-state index in [2.05, 4.69) is 9.97 Å². The molecule has 3 N–H and O–H groups in total. The Kier molecular flexibility index (Phi) is 3.76. The van der Waals surface area contributed by atoms with Crippen LogP contribution >= 0.6 is 0 Å². The normalized spacial score (nSPS) is 21.0. The van der Waals surface area contributed by atoms with Crippen molar-refractivity contribution >= 4 is 11.7 Å². The van der Waals surface area contributed by atoms with Gasteiger partial charge in [0.2, 0.25) is 0 Å². The summed E-state index contributed by atoms with van der Waals surface area (Å²) in [6, 6.07) is 0.0943. The van der Waals surface area contributed by atoms with Crippen LogP contribution in [0.15, 0.2) is 12.4 Å². The molecule has 6 heteroatoms. The molecule has 6 nitrogen and oxygen atoms in total. The van der Waals surface area contributed by atoms with Gasteiger partial charge in [-0.05, 0) is 26.2 Å². The number of carbonyl (C=O) groups is 1. The lowest BCUT2D eigenvalue weighted by atomic mass is 10.1. The highest BCUT2D eigenvalue weighted by molar-refractivity contribution is 5.92. The summed E-state index contributed by atoms with van der Waals surface area (Å²) in [7, 11) is 0. The fourth-order valence-electron chi connectivity index (χ4n) is 2.34. The van der Waals surface area contributed by atoms with Gasteiger partial charge in [0.05, 0.1) is 18.5 Å². The molecule has 98 valence electrons. The molecule has 1 amide bonds. The molecular weight excluding hydrogens is 232 g/mol. The second-order valence-electron chi connectivity index (χ2n) is 4.71. The molecule has 1 aliphatic rings. The number of rotatable bonds is 3. The molecule has 1 aliphatic heterocycles. The molecule has 0 aliphatic carbocycles. The van der Waals surface area contributed by atoms with Crippen molar-refractivity contribution in [2.75, 3.05) is 12.3 Å². The summed E-state index contributed by atoms with van der Waals surface area (Å²) in [4.78, 5) is 21.9. The number of aliphatic hydroxyl groups excluding tert-OH is 1. The Morgan fingerprint density at radius 1 is 1.61 bits per heavy atom. The first-order chi connectivity index (χ1) is 8.58. The second kappa shape index (κ2) is 5.30.